The summed E-state index contributed by atoms with van der Waals surface area (Å²) >= 11 is 0. The van der Waals surface area contributed by atoms with Gasteiger partial charge in [0.05, 0.1) is 19.1 Å². The van der Waals surface area contributed by atoms with E-state index in [1.165, 1.54) is 12.3 Å². The first kappa shape index (κ1) is 25.4. The maximum atomic E-state index is 16.3. The Morgan fingerprint density at radius 1 is 1.44 bits per heavy atom. The molecule has 0 radical (unpaired) electrons. The summed E-state index contributed by atoms with van der Waals surface area (Å²) in [6.45, 7) is 7.69. The Kier molecular flexibility index (Phi) is 6.51. The number of halogens is 2. The minimum Gasteiger partial charge on any atom is -0.384 e. The van der Waals surface area contributed by atoms with Crippen molar-refractivity contribution in [2.45, 2.75) is 94.4 Å². The van der Waals surface area contributed by atoms with Crippen molar-refractivity contribution >= 4 is 14.3 Å². The Hall–Kier alpha value is -1.74. The summed E-state index contributed by atoms with van der Waals surface area (Å²) in [5.74, 6) is -0.0386. The van der Waals surface area contributed by atoms with E-state index < -0.39 is 56.0 Å². The third-order valence-corrected chi connectivity index (χ3v) is 8.86. The number of nitrogens with two attached hydrogens (primary N) is 1. The summed E-state index contributed by atoms with van der Waals surface area (Å²) in [6.07, 6.45) is -4.23. The summed E-state index contributed by atoms with van der Waals surface area (Å²) < 4.78 is 52.5. The van der Waals surface area contributed by atoms with Crippen LogP contribution >= 0.6 is 8.53 Å². The summed E-state index contributed by atoms with van der Waals surface area (Å²) in [4.78, 5) is 16.0. The molecular weight excluding hydrogens is 471 g/mol. The standard InChI is InChI=1S/C21H30F2N5O5P/c1-12(2)28(13(3)4)34(31-9-5-7-24)33-20-10-19(23)11-21(19,30)17(20)32-16(15(20)22)27-8-6-14(25)26-18(27)29/h6,8,12-13,15-17,30H,5,9-11H2,1-4H3,(H2,25,26,29)/t15-,16+,17-,19-,20-,21-,34?/m0/s1. The SMILES string of the molecule is CC(C)N(C(C)C)P(OCCC#N)O[C@]12C[C@]3(F)C[C@]3(O)[C@H]1O[C@@H](n1ccc(N)nc1=O)[C@@H]2F. The Bertz CT molecular complexity index is 1030. The van der Waals surface area contributed by atoms with Crippen LogP contribution in [0.5, 0.6) is 0 Å². The van der Waals surface area contributed by atoms with Crippen LogP contribution in [0.3, 0.4) is 0 Å². The Morgan fingerprint density at radius 2 is 2.12 bits per heavy atom. The lowest BCUT2D eigenvalue weighted by Gasteiger charge is -2.41. The van der Waals surface area contributed by atoms with E-state index in [4.69, 9.17) is 24.8 Å². The molecule has 0 amide bonds. The molecule has 2 heterocycles. The summed E-state index contributed by atoms with van der Waals surface area (Å²) in [5.41, 5.74) is -1.21. The monoisotopic (exact) mass is 501 g/mol. The fourth-order valence-corrected chi connectivity index (χ4v) is 7.00. The zero-order valence-corrected chi connectivity index (χ0v) is 20.4. The molecule has 0 spiro atoms. The third kappa shape index (κ3) is 3.83. The first-order chi connectivity index (χ1) is 15.9. The van der Waals surface area contributed by atoms with Crippen molar-refractivity contribution in [2.75, 3.05) is 12.3 Å². The van der Waals surface area contributed by atoms with Crippen LogP contribution in [0.2, 0.25) is 0 Å². The van der Waals surface area contributed by atoms with Crippen LogP contribution in [-0.4, -0.2) is 67.2 Å². The number of nitriles is 1. The molecule has 2 aliphatic carbocycles. The summed E-state index contributed by atoms with van der Waals surface area (Å²) in [7, 11) is -1.98. The number of alkyl halides is 2. The molecule has 3 N–H and O–H groups in total. The van der Waals surface area contributed by atoms with Gasteiger partial charge < -0.3 is 24.6 Å². The second kappa shape index (κ2) is 8.73. The van der Waals surface area contributed by atoms with Gasteiger partial charge in [0.25, 0.3) is 8.53 Å². The molecule has 2 saturated carbocycles. The minimum atomic E-state index is -2.06. The molecule has 3 aliphatic rings. The first-order valence-electron chi connectivity index (χ1n) is 11.2. The number of aliphatic hydroxyl groups is 1. The van der Waals surface area contributed by atoms with Crippen LogP contribution in [0.15, 0.2) is 17.1 Å². The van der Waals surface area contributed by atoms with Crippen molar-refractivity contribution in [3.63, 3.8) is 0 Å². The molecule has 1 aromatic heterocycles. The van der Waals surface area contributed by atoms with Gasteiger partial charge in [-0.05, 0) is 33.8 Å². The Labute approximate surface area is 197 Å². The number of rotatable bonds is 9. The number of aromatic nitrogens is 2. The lowest BCUT2D eigenvalue weighted by atomic mass is 9.90. The fraction of sp³-hybridized carbons (Fsp3) is 0.762. The van der Waals surface area contributed by atoms with E-state index in [1.54, 1.807) is 0 Å². The van der Waals surface area contributed by atoms with E-state index in [-0.39, 0.29) is 37.4 Å². The van der Waals surface area contributed by atoms with Gasteiger partial charge in [-0.3, -0.25) is 4.57 Å². The maximum Gasteiger partial charge on any atom is 0.351 e. The normalized spacial score (nSPS) is 37.1. The summed E-state index contributed by atoms with van der Waals surface area (Å²) in [5, 5.41) is 19.9. The molecule has 34 heavy (non-hydrogen) atoms. The first-order valence-corrected chi connectivity index (χ1v) is 12.4. The highest BCUT2D eigenvalue weighted by molar-refractivity contribution is 7.44. The number of ether oxygens (including phenoxy) is 1. The fourth-order valence-electron chi connectivity index (χ4n) is 5.17. The van der Waals surface area contributed by atoms with Gasteiger partial charge in [0.15, 0.2) is 12.4 Å². The van der Waals surface area contributed by atoms with Crippen LogP contribution < -0.4 is 11.4 Å². The van der Waals surface area contributed by atoms with E-state index in [0.717, 1.165) is 4.57 Å². The number of fused-ring (bicyclic) bond motifs is 3. The van der Waals surface area contributed by atoms with Crippen molar-refractivity contribution in [1.29, 1.82) is 5.26 Å². The van der Waals surface area contributed by atoms with Gasteiger partial charge in [0.1, 0.15) is 28.8 Å². The molecule has 4 rings (SSSR count). The highest BCUT2D eigenvalue weighted by atomic mass is 31.2. The molecule has 188 valence electrons. The molecule has 3 fully saturated rings. The molecule has 1 unspecified atom stereocenters. The molecule has 1 aromatic rings. The lowest BCUT2D eigenvalue weighted by molar-refractivity contribution is -0.105. The van der Waals surface area contributed by atoms with Gasteiger partial charge in [-0.2, -0.15) is 10.2 Å². The molecule has 10 nitrogen and oxygen atoms in total. The molecule has 7 atom stereocenters. The van der Waals surface area contributed by atoms with Crippen LogP contribution in [0, 0.1) is 11.3 Å². The molecule has 13 heteroatoms. The highest BCUT2D eigenvalue weighted by Crippen LogP contribution is 2.73. The number of hydrogen-bond acceptors (Lipinski definition) is 9. The predicted octanol–water partition coefficient (Wildman–Crippen LogP) is 2.34. The van der Waals surface area contributed by atoms with E-state index in [2.05, 4.69) is 4.98 Å². The van der Waals surface area contributed by atoms with Crippen LogP contribution in [0.25, 0.3) is 0 Å². The van der Waals surface area contributed by atoms with E-state index >= 15 is 8.78 Å². The molecule has 0 bridgehead atoms. The van der Waals surface area contributed by atoms with E-state index in [9.17, 15) is 9.90 Å². The second-order valence-electron chi connectivity index (χ2n) is 9.69. The number of nitrogens with zero attached hydrogens (tertiary/aromatic N) is 4. The number of hydrogen-bond donors (Lipinski definition) is 2. The van der Waals surface area contributed by atoms with E-state index in [0.29, 0.717) is 0 Å². The summed E-state index contributed by atoms with van der Waals surface area (Å²) in [6, 6.07) is 3.15. The average Bonchev–Trinajstić information content (AvgIpc) is 3.06. The van der Waals surface area contributed by atoms with Crippen molar-refractivity contribution in [2.24, 2.45) is 0 Å². The number of nitrogen functional groups attached to an aromatic ring is 1. The minimum absolute atomic E-state index is 0.0342. The van der Waals surface area contributed by atoms with Crippen molar-refractivity contribution in [1.82, 2.24) is 14.2 Å². The average molecular weight is 501 g/mol. The van der Waals surface area contributed by atoms with Gasteiger partial charge >= 0.3 is 5.69 Å². The van der Waals surface area contributed by atoms with Crippen LogP contribution in [0.1, 0.15) is 53.2 Å². The largest absolute Gasteiger partial charge is 0.384 e. The molecular formula is C21H30F2N5O5P. The quantitative estimate of drug-likeness (QED) is 0.386. The second-order valence-corrected chi connectivity index (χ2v) is 11.1. The third-order valence-electron chi connectivity index (χ3n) is 6.66. The molecule has 1 saturated heterocycles. The smallest absolute Gasteiger partial charge is 0.351 e. The van der Waals surface area contributed by atoms with Crippen molar-refractivity contribution in [3.05, 3.63) is 22.7 Å². The zero-order valence-electron chi connectivity index (χ0n) is 19.5. The van der Waals surface area contributed by atoms with Gasteiger partial charge in [-0.25, -0.2) is 18.2 Å². The maximum absolute atomic E-state index is 16.3. The number of anilines is 1. The topological polar surface area (TPSA) is 136 Å². The van der Waals surface area contributed by atoms with Gasteiger partial charge in [0, 0.05) is 31.1 Å². The van der Waals surface area contributed by atoms with E-state index in [1.807, 2.05) is 38.4 Å². The van der Waals surface area contributed by atoms with Crippen LogP contribution in [-0.2, 0) is 13.8 Å². The van der Waals surface area contributed by atoms with Crippen molar-refractivity contribution < 1.29 is 27.7 Å². The molecule has 1 aliphatic heterocycles. The highest BCUT2D eigenvalue weighted by Gasteiger charge is 2.88. The van der Waals surface area contributed by atoms with Gasteiger partial charge in [-0.1, -0.05) is 0 Å². The Morgan fingerprint density at radius 3 is 2.71 bits per heavy atom. The van der Waals surface area contributed by atoms with Crippen molar-refractivity contribution in [3.8, 4) is 6.07 Å². The van der Waals surface area contributed by atoms with Gasteiger partial charge in [-0.15, -0.1) is 0 Å². The Balaban J connectivity index is 1.73. The molecule has 0 aromatic carbocycles. The lowest BCUT2D eigenvalue weighted by Crippen LogP contribution is -2.50. The zero-order chi connectivity index (χ0) is 25.1. The van der Waals surface area contributed by atoms with Crippen LogP contribution in [0.4, 0.5) is 14.6 Å². The van der Waals surface area contributed by atoms with Gasteiger partial charge in [0.2, 0.25) is 0 Å². The predicted molar refractivity (Wildman–Crippen MR) is 119 cm³/mol.